The van der Waals surface area contributed by atoms with E-state index in [0.29, 0.717) is 26.1 Å². The minimum atomic E-state index is -3.59. The van der Waals surface area contributed by atoms with E-state index in [1.807, 2.05) is 0 Å². The summed E-state index contributed by atoms with van der Waals surface area (Å²) in [7, 11) is -3.59. The summed E-state index contributed by atoms with van der Waals surface area (Å²) in [6.07, 6.45) is 2.03. The monoisotopic (exact) mass is 459 g/mol. The summed E-state index contributed by atoms with van der Waals surface area (Å²) >= 11 is 0. The van der Waals surface area contributed by atoms with Crippen LogP contribution >= 0.6 is 24.8 Å². The lowest BCUT2D eigenvalue weighted by Gasteiger charge is -2.35. The maximum absolute atomic E-state index is 13.9. The lowest BCUT2D eigenvalue weighted by atomic mass is 9.95. The highest BCUT2D eigenvalue weighted by Crippen LogP contribution is 2.30. The molecule has 1 aromatic rings. The van der Waals surface area contributed by atoms with Gasteiger partial charge in [0, 0.05) is 25.4 Å². The summed E-state index contributed by atoms with van der Waals surface area (Å²) in [5.41, 5.74) is -0.107. The third kappa shape index (κ3) is 4.69. The molecule has 0 aliphatic carbocycles. The van der Waals surface area contributed by atoms with Crippen molar-refractivity contribution in [3.63, 3.8) is 0 Å². The van der Waals surface area contributed by atoms with Crippen LogP contribution in [0.5, 0.6) is 0 Å². The van der Waals surface area contributed by atoms with Crippen molar-refractivity contribution in [1.29, 1.82) is 0 Å². The molecule has 2 aliphatic heterocycles. The van der Waals surface area contributed by atoms with Crippen LogP contribution in [0.3, 0.4) is 0 Å². The molecule has 28 heavy (non-hydrogen) atoms. The Morgan fingerprint density at radius 2 is 1.79 bits per heavy atom. The molecule has 1 unspecified atom stereocenters. The average Bonchev–Trinajstić information content (AvgIpc) is 3.02. The summed E-state index contributed by atoms with van der Waals surface area (Å²) in [5, 5.41) is 5.87. The summed E-state index contributed by atoms with van der Waals surface area (Å²) in [6, 6.07) is 3.34. The summed E-state index contributed by atoms with van der Waals surface area (Å²) in [4.78, 5) is 14.4. The topological polar surface area (TPSA) is 78.5 Å². The average molecular weight is 460 g/mol. The molecule has 0 radical (unpaired) electrons. The first-order valence-corrected chi connectivity index (χ1v) is 10.5. The smallest absolute Gasteiger partial charge is 0.241 e. The lowest BCUT2D eigenvalue weighted by molar-refractivity contribution is -0.124. The van der Waals surface area contributed by atoms with Crippen LogP contribution < -0.4 is 15.5 Å². The van der Waals surface area contributed by atoms with E-state index in [-0.39, 0.29) is 55.9 Å². The second-order valence-corrected chi connectivity index (χ2v) is 9.32. The molecule has 1 aromatic carbocycles. The molecule has 11 heteroatoms. The third-order valence-corrected chi connectivity index (χ3v) is 7.33. The van der Waals surface area contributed by atoms with Crippen LogP contribution in [-0.2, 0) is 14.6 Å². The van der Waals surface area contributed by atoms with Crippen molar-refractivity contribution in [1.82, 2.24) is 10.6 Å². The molecule has 0 saturated carbocycles. The SMILES string of the molecule is CS(=O)(=O)C1(C(=O)NC2CCN(c3c(F)cccc3F)C2)CCNCC1.Cl.Cl. The number of nitrogens with zero attached hydrogens (tertiary/aromatic N) is 1. The number of sulfone groups is 1. The largest absolute Gasteiger partial charge is 0.365 e. The fourth-order valence-electron chi connectivity index (χ4n) is 3.79. The minimum Gasteiger partial charge on any atom is -0.365 e. The fourth-order valence-corrected chi connectivity index (χ4v) is 5.13. The number of piperidine rings is 1. The molecule has 0 bridgehead atoms. The Kier molecular flexibility index (Phi) is 8.49. The third-order valence-electron chi connectivity index (χ3n) is 5.31. The van der Waals surface area contributed by atoms with Crippen molar-refractivity contribution in [3.8, 4) is 0 Å². The molecule has 2 aliphatic rings. The molecule has 6 nitrogen and oxygen atoms in total. The number of benzene rings is 1. The highest BCUT2D eigenvalue weighted by molar-refractivity contribution is 7.92. The van der Waals surface area contributed by atoms with Crippen molar-refractivity contribution in [2.45, 2.75) is 30.1 Å². The van der Waals surface area contributed by atoms with E-state index in [4.69, 9.17) is 0 Å². The second kappa shape index (κ2) is 9.56. The highest BCUT2D eigenvalue weighted by atomic mass is 35.5. The Morgan fingerprint density at radius 1 is 1.21 bits per heavy atom. The molecule has 2 fully saturated rings. The molecule has 160 valence electrons. The molecule has 2 saturated heterocycles. The van der Waals surface area contributed by atoms with Gasteiger partial charge in [0.25, 0.3) is 0 Å². The lowest BCUT2D eigenvalue weighted by Crippen LogP contribution is -2.59. The van der Waals surface area contributed by atoms with E-state index >= 15 is 0 Å². The van der Waals surface area contributed by atoms with Crippen LogP contribution in [0.1, 0.15) is 19.3 Å². The molecule has 1 atom stereocenters. The van der Waals surface area contributed by atoms with Crippen molar-refractivity contribution in [3.05, 3.63) is 29.8 Å². The van der Waals surface area contributed by atoms with Crippen molar-refractivity contribution in [2.75, 3.05) is 37.3 Å². The van der Waals surface area contributed by atoms with Gasteiger partial charge in [-0.25, -0.2) is 17.2 Å². The second-order valence-electron chi connectivity index (χ2n) is 6.99. The Bertz CT molecular complexity index is 785. The van der Waals surface area contributed by atoms with E-state index in [2.05, 4.69) is 10.6 Å². The van der Waals surface area contributed by atoms with Crippen LogP contribution in [0, 0.1) is 11.6 Å². The first-order chi connectivity index (χ1) is 12.2. The van der Waals surface area contributed by atoms with Gasteiger partial charge in [-0.3, -0.25) is 4.79 Å². The van der Waals surface area contributed by atoms with E-state index in [0.717, 1.165) is 6.26 Å². The first kappa shape index (κ1) is 24.9. The fraction of sp³-hybridized carbons (Fsp3) is 0.588. The molecule has 3 rings (SSSR count). The van der Waals surface area contributed by atoms with E-state index < -0.39 is 32.1 Å². The standard InChI is InChI=1S/C17H23F2N3O3S.2ClH/c1-26(24,25)17(6-8-20-9-7-17)16(23)21-12-5-10-22(11-12)15-13(18)3-2-4-14(15)19;;/h2-4,12,20H,5-11H2,1H3,(H,21,23);2*1H. The number of para-hydroxylation sites is 1. The van der Waals surface area contributed by atoms with Crippen LogP contribution in [0.25, 0.3) is 0 Å². The Hall–Kier alpha value is -1.16. The van der Waals surface area contributed by atoms with Crippen molar-refractivity contribution < 1.29 is 22.0 Å². The number of hydrogen-bond acceptors (Lipinski definition) is 5. The predicted octanol–water partition coefficient (Wildman–Crippen LogP) is 1.67. The van der Waals surface area contributed by atoms with Gasteiger partial charge in [0.05, 0.1) is 0 Å². The minimum absolute atomic E-state index is 0. The number of hydrogen-bond donors (Lipinski definition) is 2. The maximum atomic E-state index is 13.9. The molecule has 2 N–H and O–H groups in total. The zero-order valence-corrected chi connectivity index (χ0v) is 17.9. The Balaban J connectivity index is 0.00000196. The number of rotatable bonds is 4. The van der Waals surface area contributed by atoms with Crippen molar-refractivity contribution >= 4 is 46.2 Å². The number of nitrogens with one attached hydrogen (secondary N) is 2. The zero-order chi connectivity index (χ0) is 18.9. The van der Waals surface area contributed by atoms with Gasteiger partial charge in [-0.1, -0.05) is 6.07 Å². The van der Waals surface area contributed by atoms with Gasteiger partial charge in [-0.15, -0.1) is 24.8 Å². The Labute approximate surface area is 176 Å². The molecule has 0 spiro atoms. The van der Waals surface area contributed by atoms with Crippen LogP contribution in [0.2, 0.25) is 0 Å². The van der Waals surface area contributed by atoms with Gasteiger partial charge in [-0.05, 0) is 44.5 Å². The Morgan fingerprint density at radius 3 is 2.32 bits per heavy atom. The summed E-state index contributed by atoms with van der Waals surface area (Å²) in [6.45, 7) is 1.54. The number of carbonyl (C=O) groups is 1. The summed E-state index contributed by atoms with van der Waals surface area (Å²) in [5.74, 6) is -1.81. The molecular formula is C17H25Cl2F2N3O3S. The zero-order valence-electron chi connectivity index (χ0n) is 15.4. The number of amides is 1. The van der Waals surface area contributed by atoms with E-state index in [1.54, 1.807) is 4.90 Å². The van der Waals surface area contributed by atoms with Gasteiger partial charge in [0.15, 0.2) is 14.6 Å². The molecule has 2 heterocycles. The quantitative estimate of drug-likeness (QED) is 0.715. The number of carbonyl (C=O) groups excluding carboxylic acids is 1. The molecule has 0 aromatic heterocycles. The van der Waals surface area contributed by atoms with Crippen LogP contribution in [0.15, 0.2) is 18.2 Å². The van der Waals surface area contributed by atoms with Crippen molar-refractivity contribution in [2.24, 2.45) is 0 Å². The van der Waals surface area contributed by atoms with Gasteiger partial charge in [-0.2, -0.15) is 0 Å². The van der Waals surface area contributed by atoms with Gasteiger partial charge in [0.1, 0.15) is 17.3 Å². The number of halogens is 4. The first-order valence-electron chi connectivity index (χ1n) is 8.65. The van der Waals surface area contributed by atoms with Crippen LogP contribution in [-0.4, -0.2) is 57.5 Å². The molecular weight excluding hydrogens is 435 g/mol. The van der Waals surface area contributed by atoms with Gasteiger partial charge in [0.2, 0.25) is 5.91 Å². The van der Waals surface area contributed by atoms with E-state index in [1.165, 1.54) is 18.2 Å². The normalized spacial score (nSPS) is 21.4. The number of anilines is 1. The highest BCUT2D eigenvalue weighted by Gasteiger charge is 2.49. The van der Waals surface area contributed by atoms with Crippen LogP contribution in [0.4, 0.5) is 14.5 Å². The maximum Gasteiger partial charge on any atom is 0.241 e. The van der Waals surface area contributed by atoms with Gasteiger partial charge >= 0.3 is 0 Å². The molecule has 1 amide bonds. The van der Waals surface area contributed by atoms with Gasteiger partial charge < -0.3 is 15.5 Å². The predicted molar refractivity (Wildman–Crippen MR) is 109 cm³/mol. The van der Waals surface area contributed by atoms with E-state index in [9.17, 15) is 22.0 Å². The summed E-state index contributed by atoms with van der Waals surface area (Å²) < 4.78 is 51.1.